The van der Waals surface area contributed by atoms with Crippen LogP contribution in [0, 0.1) is 5.41 Å². The molecule has 0 aliphatic heterocycles. The van der Waals surface area contributed by atoms with E-state index in [1.165, 1.54) is 7.11 Å². The molecule has 4 heteroatoms. The molecule has 0 aromatic heterocycles. The molecule has 1 rings (SSSR count). The highest BCUT2D eigenvalue weighted by molar-refractivity contribution is 6.30. The van der Waals surface area contributed by atoms with Crippen LogP contribution in [0.5, 0.6) is 5.75 Å². The third-order valence-corrected chi connectivity index (χ3v) is 2.40. The van der Waals surface area contributed by atoms with Crippen molar-refractivity contribution in [2.24, 2.45) is 5.41 Å². The van der Waals surface area contributed by atoms with Crippen LogP contribution in [0.3, 0.4) is 0 Å². The summed E-state index contributed by atoms with van der Waals surface area (Å²) in [7, 11) is 1.37. The van der Waals surface area contributed by atoms with Crippen LogP contribution in [0.25, 0.3) is 0 Å². The van der Waals surface area contributed by atoms with Gasteiger partial charge in [0, 0.05) is 5.02 Å². The quantitative estimate of drug-likeness (QED) is 0.762. The second-order valence-electron chi connectivity index (χ2n) is 4.12. The minimum atomic E-state index is -0.658. The third-order valence-electron chi connectivity index (χ3n) is 2.15. The van der Waals surface area contributed by atoms with Crippen LogP contribution in [-0.4, -0.2) is 19.7 Å². The first kappa shape index (κ1) is 12.8. The zero-order chi connectivity index (χ0) is 12.2. The lowest BCUT2D eigenvalue weighted by Crippen LogP contribution is -2.32. The Morgan fingerprint density at radius 1 is 1.31 bits per heavy atom. The van der Waals surface area contributed by atoms with Crippen molar-refractivity contribution in [1.82, 2.24) is 0 Å². The second-order valence-corrected chi connectivity index (χ2v) is 4.55. The normalized spacial score (nSPS) is 11.0. The molecule has 88 valence electrons. The number of halogens is 1. The lowest BCUT2D eigenvalue weighted by molar-refractivity contribution is -0.152. The van der Waals surface area contributed by atoms with Crippen molar-refractivity contribution < 1.29 is 14.3 Å². The van der Waals surface area contributed by atoms with Gasteiger partial charge < -0.3 is 9.47 Å². The van der Waals surface area contributed by atoms with Gasteiger partial charge in [-0.15, -0.1) is 0 Å². The fraction of sp³-hybridized carbons (Fsp3) is 0.417. The summed E-state index contributed by atoms with van der Waals surface area (Å²) in [5, 5.41) is 0.652. The molecule has 0 saturated heterocycles. The first-order valence-corrected chi connectivity index (χ1v) is 5.30. The van der Waals surface area contributed by atoms with Crippen LogP contribution >= 0.6 is 11.6 Å². The van der Waals surface area contributed by atoms with E-state index < -0.39 is 5.41 Å². The molecule has 0 unspecified atom stereocenters. The zero-order valence-electron chi connectivity index (χ0n) is 9.62. The molecule has 0 saturated carbocycles. The number of benzene rings is 1. The average molecular weight is 243 g/mol. The van der Waals surface area contributed by atoms with Gasteiger partial charge in [0.2, 0.25) is 0 Å². The average Bonchev–Trinajstić information content (AvgIpc) is 2.27. The lowest BCUT2D eigenvalue weighted by Gasteiger charge is -2.21. The van der Waals surface area contributed by atoms with Crippen molar-refractivity contribution in [3.05, 3.63) is 29.3 Å². The minimum Gasteiger partial charge on any atom is -0.492 e. The van der Waals surface area contributed by atoms with Crippen LogP contribution in [0.4, 0.5) is 0 Å². The van der Waals surface area contributed by atoms with Crippen LogP contribution < -0.4 is 4.74 Å². The van der Waals surface area contributed by atoms with Crippen molar-refractivity contribution in [3.63, 3.8) is 0 Å². The highest BCUT2D eigenvalue weighted by atomic mass is 35.5. The highest BCUT2D eigenvalue weighted by Crippen LogP contribution is 2.21. The number of carbonyl (C=O) groups excluding carboxylic acids is 1. The van der Waals surface area contributed by atoms with Crippen molar-refractivity contribution >= 4 is 17.6 Å². The van der Waals surface area contributed by atoms with Crippen LogP contribution in [0.2, 0.25) is 5.02 Å². The number of carbonyl (C=O) groups is 1. The summed E-state index contributed by atoms with van der Waals surface area (Å²) in [4.78, 5) is 11.4. The monoisotopic (exact) mass is 242 g/mol. The fourth-order valence-corrected chi connectivity index (χ4v) is 1.26. The van der Waals surface area contributed by atoms with Crippen LogP contribution in [0.1, 0.15) is 13.8 Å². The van der Waals surface area contributed by atoms with E-state index in [9.17, 15) is 4.79 Å². The van der Waals surface area contributed by atoms with E-state index in [-0.39, 0.29) is 12.6 Å². The Hall–Kier alpha value is -1.22. The molecule has 3 nitrogen and oxygen atoms in total. The SMILES string of the molecule is COC(=O)C(C)(C)COc1ccc(Cl)cc1. The molecule has 0 aliphatic carbocycles. The molecule has 0 radical (unpaired) electrons. The summed E-state index contributed by atoms with van der Waals surface area (Å²) < 4.78 is 10.2. The zero-order valence-corrected chi connectivity index (χ0v) is 10.4. The molecule has 1 aromatic carbocycles. The molecular weight excluding hydrogens is 228 g/mol. The molecule has 0 heterocycles. The van der Waals surface area contributed by atoms with Crippen molar-refractivity contribution in [3.8, 4) is 5.75 Å². The molecule has 0 amide bonds. The van der Waals surface area contributed by atoms with Crippen molar-refractivity contribution in [2.75, 3.05) is 13.7 Å². The maximum Gasteiger partial charge on any atom is 0.314 e. The Morgan fingerprint density at radius 2 is 1.88 bits per heavy atom. The van der Waals surface area contributed by atoms with E-state index in [1.54, 1.807) is 38.1 Å². The largest absolute Gasteiger partial charge is 0.492 e. The molecule has 0 spiro atoms. The Morgan fingerprint density at radius 3 is 2.38 bits per heavy atom. The van der Waals surface area contributed by atoms with Gasteiger partial charge in [-0.2, -0.15) is 0 Å². The van der Waals surface area contributed by atoms with E-state index in [0.717, 1.165) is 0 Å². The van der Waals surface area contributed by atoms with Crippen molar-refractivity contribution in [2.45, 2.75) is 13.8 Å². The predicted molar refractivity (Wildman–Crippen MR) is 62.7 cm³/mol. The summed E-state index contributed by atoms with van der Waals surface area (Å²) in [5.41, 5.74) is -0.658. The molecule has 0 fully saturated rings. The maximum atomic E-state index is 11.4. The van der Waals surface area contributed by atoms with Gasteiger partial charge in [0.1, 0.15) is 12.4 Å². The van der Waals surface area contributed by atoms with E-state index in [2.05, 4.69) is 4.74 Å². The Labute approximate surface area is 100 Å². The second kappa shape index (κ2) is 5.21. The van der Waals surface area contributed by atoms with Gasteiger partial charge in [-0.05, 0) is 38.1 Å². The number of hydrogen-bond acceptors (Lipinski definition) is 3. The number of hydrogen-bond donors (Lipinski definition) is 0. The smallest absolute Gasteiger partial charge is 0.314 e. The lowest BCUT2D eigenvalue weighted by atomic mass is 9.95. The molecule has 0 atom stereocenters. The maximum absolute atomic E-state index is 11.4. The molecule has 16 heavy (non-hydrogen) atoms. The van der Waals surface area contributed by atoms with Gasteiger partial charge in [-0.3, -0.25) is 4.79 Å². The molecule has 0 bridgehead atoms. The number of esters is 1. The topological polar surface area (TPSA) is 35.5 Å². The van der Waals surface area contributed by atoms with Gasteiger partial charge in [-0.25, -0.2) is 0 Å². The Bertz CT molecular complexity index is 357. The summed E-state index contributed by atoms with van der Waals surface area (Å²) in [6.07, 6.45) is 0. The summed E-state index contributed by atoms with van der Waals surface area (Å²) in [6, 6.07) is 7.00. The first-order chi connectivity index (χ1) is 7.45. The van der Waals surface area contributed by atoms with Crippen LogP contribution in [0.15, 0.2) is 24.3 Å². The van der Waals surface area contributed by atoms with E-state index >= 15 is 0 Å². The minimum absolute atomic E-state index is 0.265. The third kappa shape index (κ3) is 3.42. The van der Waals surface area contributed by atoms with Gasteiger partial charge in [0.25, 0.3) is 0 Å². The highest BCUT2D eigenvalue weighted by Gasteiger charge is 2.29. The Kier molecular flexibility index (Phi) is 4.19. The molecular formula is C12H15ClO3. The van der Waals surface area contributed by atoms with E-state index in [1.807, 2.05) is 0 Å². The summed E-state index contributed by atoms with van der Waals surface area (Å²) >= 11 is 5.74. The first-order valence-electron chi connectivity index (χ1n) is 4.92. The number of methoxy groups -OCH3 is 1. The van der Waals surface area contributed by atoms with Gasteiger partial charge in [0.15, 0.2) is 0 Å². The van der Waals surface area contributed by atoms with Gasteiger partial charge in [-0.1, -0.05) is 11.6 Å². The van der Waals surface area contributed by atoms with Gasteiger partial charge in [0.05, 0.1) is 12.5 Å². The molecule has 0 aliphatic rings. The number of rotatable bonds is 4. The summed E-state index contributed by atoms with van der Waals surface area (Å²) in [6.45, 7) is 3.81. The predicted octanol–water partition coefficient (Wildman–Crippen LogP) is 2.92. The fourth-order valence-electron chi connectivity index (χ4n) is 1.13. The van der Waals surface area contributed by atoms with Gasteiger partial charge >= 0.3 is 5.97 Å². The van der Waals surface area contributed by atoms with Crippen molar-refractivity contribution in [1.29, 1.82) is 0 Å². The Balaban J connectivity index is 2.57. The summed E-state index contributed by atoms with van der Waals surface area (Å²) in [5.74, 6) is 0.392. The van der Waals surface area contributed by atoms with E-state index in [4.69, 9.17) is 16.3 Å². The standard InChI is InChI=1S/C12H15ClO3/c1-12(2,11(14)15-3)8-16-10-6-4-9(13)5-7-10/h4-7H,8H2,1-3H3. The number of ether oxygens (including phenoxy) is 2. The van der Waals surface area contributed by atoms with Crippen LogP contribution in [-0.2, 0) is 9.53 Å². The van der Waals surface area contributed by atoms with E-state index in [0.29, 0.717) is 10.8 Å². The molecule has 1 aromatic rings. The molecule has 0 N–H and O–H groups in total.